The summed E-state index contributed by atoms with van der Waals surface area (Å²) in [5.41, 5.74) is -1.29. The van der Waals surface area contributed by atoms with Gasteiger partial charge in [0.2, 0.25) is 0 Å². The molecule has 2 N–H and O–H groups in total. The molecule has 2 amide bonds. The number of aryl methyl sites for hydroxylation is 1. The van der Waals surface area contributed by atoms with Crippen molar-refractivity contribution in [2.24, 2.45) is 0 Å². The molecule has 2 heterocycles. The van der Waals surface area contributed by atoms with Crippen LogP contribution in [0.25, 0.3) is 5.82 Å². The second-order valence-corrected chi connectivity index (χ2v) is 6.16. The highest BCUT2D eigenvalue weighted by Crippen LogP contribution is 2.30. The van der Waals surface area contributed by atoms with Crippen LogP contribution in [0.15, 0.2) is 42.6 Å². The molecule has 0 saturated heterocycles. The molecule has 0 spiro atoms. The quantitative estimate of drug-likeness (QED) is 0.633. The number of carbonyl (C=O) groups excluding carboxylic acids is 2. The van der Waals surface area contributed by atoms with Crippen molar-refractivity contribution in [3.8, 4) is 5.82 Å². The van der Waals surface area contributed by atoms with Crippen LogP contribution in [0, 0.1) is 12.7 Å². The summed E-state index contributed by atoms with van der Waals surface area (Å²) >= 11 is 0. The van der Waals surface area contributed by atoms with E-state index in [0.717, 1.165) is 12.3 Å². The number of hydrogen-bond donors (Lipinski definition) is 2. The van der Waals surface area contributed by atoms with E-state index >= 15 is 0 Å². The number of halogens is 4. The number of hydrogen-bond acceptors (Lipinski definition) is 4. The number of para-hydroxylation sites is 1. The molecule has 2 aromatic heterocycles. The van der Waals surface area contributed by atoms with E-state index < -0.39 is 41.0 Å². The third kappa shape index (κ3) is 4.00. The molecule has 3 rings (SSSR count). The second kappa shape index (κ2) is 7.93. The van der Waals surface area contributed by atoms with Gasteiger partial charge < -0.3 is 10.6 Å². The third-order valence-corrected chi connectivity index (χ3v) is 4.16. The first-order valence-corrected chi connectivity index (χ1v) is 8.54. The molecule has 156 valence electrons. The standard InChI is InChI=1S/C19H15F4N5O2/c1-10-5-3-6-11(17(29)24-2)15(10)26-18(30)13-9-14(19(21,22)23)27-28(13)16-12(20)7-4-8-25-16/h3-9H,1-2H3,(H,24,29)(H,26,30). The highest BCUT2D eigenvalue weighted by atomic mass is 19.4. The molecule has 0 fully saturated rings. The highest BCUT2D eigenvalue weighted by Gasteiger charge is 2.37. The lowest BCUT2D eigenvalue weighted by molar-refractivity contribution is -0.141. The van der Waals surface area contributed by atoms with Crippen LogP contribution in [0.1, 0.15) is 32.1 Å². The SMILES string of the molecule is CNC(=O)c1cccc(C)c1NC(=O)c1cc(C(F)(F)F)nn1-c1ncccc1F. The lowest BCUT2D eigenvalue weighted by Gasteiger charge is -2.13. The van der Waals surface area contributed by atoms with Gasteiger partial charge >= 0.3 is 6.18 Å². The van der Waals surface area contributed by atoms with Crippen molar-refractivity contribution in [2.45, 2.75) is 13.1 Å². The maximum absolute atomic E-state index is 14.1. The van der Waals surface area contributed by atoms with Crippen LogP contribution in [-0.2, 0) is 6.18 Å². The molecule has 0 unspecified atom stereocenters. The summed E-state index contributed by atoms with van der Waals surface area (Å²) in [6.45, 7) is 1.61. The van der Waals surface area contributed by atoms with Crippen molar-refractivity contribution in [1.82, 2.24) is 20.1 Å². The normalized spacial score (nSPS) is 11.3. The molecule has 3 aromatic rings. The fourth-order valence-electron chi connectivity index (χ4n) is 2.71. The number of benzene rings is 1. The van der Waals surface area contributed by atoms with Crippen LogP contribution >= 0.6 is 0 Å². The fourth-order valence-corrected chi connectivity index (χ4v) is 2.71. The van der Waals surface area contributed by atoms with Crippen molar-refractivity contribution >= 4 is 17.5 Å². The highest BCUT2D eigenvalue weighted by molar-refractivity contribution is 6.09. The molecule has 0 saturated carbocycles. The average molecular weight is 421 g/mol. The Morgan fingerprint density at radius 1 is 1.10 bits per heavy atom. The summed E-state index contributed by atoms with van der Waals surface area (Å²) < 4.78 is 54.2. The van der Waals surface area contributed by atoms with Gasteiger partial charge in [-0.15, -0.1) is 0 Å². The molecule has 30 heavy (non-hydrogen) atoms. The Labute approximate surface area is 167 Å². The first-order valence-electron chi connectivity index (χ1n) is 8.54. The molecule has 0 aliphatic carbocycles. The van der Waals surface area contributed by atoms with Gasteiger partial charge in [0.05, 0.1) is 11.3 Å². The molecule has 0 radical (unpaired) electrons. The predicted molar refractivity (Wildman–Crippen MR) is 98.8 cm³/mol. The molecular formula is C19H15F4N5O2. The van der Waals surface area contributed by atoms with Gasteiger partial charge in [-0.3, -0.25) is 9.59 Å². The Kier molecular flexibility index (Phi) is 5.54. The van der Waals surface area contributed by atoms with Gasteiger partial charge in [0, 0.05) is 19.3 Å². The predicted octanol–water partition coefficient (Wildman–Crippen LogP) is 3.35. The van der Waals surface area contributed by atoms with Crippen LogP contribution < -0.4 is 10.6 Å². The number of amides is 2. The van der Waals surface area contributed by atoms with E-state index in [-0.39, 0.29) is 11.3 Å². The first kappa shape index (κ1) is 21.0. The van der Waals surface area contributed by atoms with E-state index in [1.54, 1.807) is 19.1 Å². The second-order valence-electron chi connectivity index (χ2n) is 6.16. The maximum Gasteiger partial charge on any atom is 0.435 e. The van der Waals surface area contributed by atoms with Crippen molar-refractivity contribution in [2.75, 3.05) is 12.4 Å². The van der Waals surface area contributed by atoms with E-state index in [2.05, 4.69) is 20.7 Å². The molecular weight excluding hydrogens is 406 g/mol. The van der Waals surface area contributed by atoms with Crippen molar-refractivity contribution < 1.29 is 27.2 Å². The number of nitrogens with zero attached hydrogens (tertiary/aromatic N) is 3. The third-order valence-electron chi connectivity index (χ3n) is 4.16. The number of carbonyl (C=O) groups is 2. The van der Waals surface area contributed by atoms with Gasteiger partial charge in [0.15, 0.2) is 17.3 Å². The molecule has 0 atom stereocenters. The number of aromatic nitrogens is 3. The van der Waals surface area contributed by atoms with E-state index in [1.165, 1.54) is 19.2 Å². The maximum atomic E-state index is 14.1. The van der Waals surface area contributed by atoms with Gasteiger partial charge in [0.1, 0.15) is 5.69 Å². The van der Waals surface area contributed by atoms with Gasteiger partial charge in [-0.25, -0.2) is 14.1 Å². The van der Waals surface area contributed by atoms with Crippen molar-refractivity contribution in [3.05, 3.63) is 70.9 Å². The minimum Gasteiger partial charge on any atom is -0.355 e. The zero-order chi connectivity index (χ0) is 22.1. The van der Waals surface area contributed by atoms with Crippen molar-refractivity contribution in [3.63, 3.8) is 0 Å². The molecule has 11 heteroatoms. The monoisotopic (exact) mass is 421 g/mol. The van der Waals surface area contributed by atoms with E-state index in [0.29, 0.717) is 16.3 Å². The Bertz CT molecular complexity index is 1120. The minimum atomic E-state index is -4.87. The summed E-state index contributed by atoms with van der Waals surface area (Å²) in [6.07, 6.45) is -3.72. The van der Waals surface area contributed by atoms with Crippen LogP contribution in [-0.4, -0.2) is 33.6 Å². The summed E-state index contributed by atoms with van der Waals surface area (Å²) in [5.74, 6) is -3.07. The van der Waals surface area contributed by atoms with Crippen LogP contribution in [0.3, 0.4) is 0 Å². The zero-order valence-corrected chi connectivity index (χ0v) is 15.7. The Morgan fingerprint density at radius 3 is 2.47 bits per heavy atom. The minimum absolute atomic E-state index is 0.102. The lowest BCUT2D eigenvalue weighted by atomic mass is 10.1. The van der Waals surface area contributed by atoms with Gasteiger partial charge in [0.25, 0.3) is 11.8 Å². The van der Waals surface area contributed by atoms with E-state index in [1.807, 2.05) is 0 Å². The summed E-state index contributed by atoms with van der Waals surface area (Å²) in [7, 11) is 1.39. The lowest BCUT2D eigenvalue weighted by Crippen LogP contribution is -2.23. The summed E-state index contributed by atoms with van der Waals surface area (Å²) in [6, 6.07) is 7.35. The number of nitrogens with one attached hydrogen (secondary N) is 2. The van der Waals surface area contributed by atoms with Gasteiger partial charge in [-0.05, 0) is 30.7 Å². The number of anilines is 1. The average Bonchev–Trinajstić information content (AvgIpc) is 3.15. The first-order chi connectivity index (χ1) is 14.1. The smallest absolute Gasteiger partial charge is 0.355 e. The summed E-state index contributed by atoms with van der Waals surface area (Å²) in [5, 5.41) is 8.16. The van der Waals surface area contributed by atoms with Gasteiger partial charge in [-0.1, -0.05) is 12.1 Å². The van der Waals surface area contributed by atoms with Crippen LogP contribution in [0.4, 0.5) is 23.2 Å². The Balaban J connectivity index is 2.11. The molecule has 7 nitrogen and oxygen atoms in total. The molecule has 0 aliphatic heterocycles. The molecule has 0 bridgehead atoms. The molecule has 1 aromatic carbocycles. The van der Waals surface area contributed by atoms with Gasteiger partial charge in [-0.2, -0.15) is 18.3 Å². The van der Waals surface area contributed by atoms with E-state index in [4.69, 9.17) is 0 Å². The van der Waals surface area contributed by atoms with Crippen LogP contribution in [0.2, 0.25) is 0 Å². The van der Waals surface area contributed by atoms with Crippen molar-refractivity contribution in [1.29, 1.82) is 0 Å². The summed E-state index contributed by atoms with van der Waals surface area (Å²) in [4.78, 5) is 28.6. The van der Waals surface area contributed by atoms with E-state index in [9.17, 15) is 27.2 Å². The number of rotatable bonds is 4. The van der Waals surface area contributed by atoms with Crippen LogP contribution in [0.5, 0.6) is 0 Å². The number of alkyl halides is 3. The largest absolute Gasteiger partial charge is 0.435 e. The zero-order valence-electron chi connectivity index (χ0n) is 15.7. The Morgan fingerprint density at radius 2 is 1.83 bits per heavy atom. The number of pyridine rings is 1. The molecule has 0 aliphatic rings. The topological polar surface area (TPSA) is 88.9 Å². The fraction of sp³-hybridized carbons (Fsp3) is 0.158. The Hall–Kier alpha value is -3.76.